The summed E-state index contributed by atoms with van der Waals surface area (Å²) in [6, 6.07) is 0. The molecule has 4 heteroatoms. The van der Waals surface area contributed by atoms with Crippen LogP contribution in [0.4, 0.5) is 5.13 Å². The zero-order valence-electron chi connectivity index (χ0n) is 8.83. The van der Waals surface area contributed by atoms with E-state index in [0.717, 1.165) is 23.3 Å². The molecule has 0 aliphatic heterocycles. The summed E-state index contributed by atoms with van der Waals surface area (Å²) in [5.74, 6) is 0.540. The monoisotopic (exact) mass is 212 g/mol. The van der Waals surface area contributed by atoms with Crippen LogP contribution in [-0.2, 0) is 12.8 Å². The molecule has 0 saturated heterocycles. The maximum atomic E-state index is 11.5. The van der Waals surface area contributed by atoms with Gasteiger partial charge in [-0.15, -0.1) is 11.3 Å². The van der Waals surface area contributed by atoms with Gasteiger partial charge in [-0.2, -0.15) is 4.98 Å². The van der Waals surface area contributed by atoms with E-state index in [9.17, 15) is 4.79 Å². The molecule has 0 saturated carbocycles. The van der Waals surface area contributed by atoms with Gasteiger partial charge in [0.05, 0.1) is 0 Å². The maximum absolute atomic E-state index is 11.5. The molecule has 0 spiro atoms. The van der Waals surface area contributed by atoms with Crippen LogP contribution in [0.3, 0.4) is 0 Å². The predicted molar refractivity (Wildman–Crippen MR) is 60.7 cm³/mol. The first-order valence-corrected chi connectivity index (χ1v) is 5.64. The first kappa shape index (κ1) is 11.2. The molecule has 0 atom stereocenters. The van der Waals surface area contributed by atoms with Crippen molar-refractivity contribution in [1.29, 1.82) is 0 Å². The number of nitrogens with two attached hydrogens (primary N) is 1. The Morgan fingerprint density at radius 3 is 2.64 bits per heavy atom. The van der Waals surface area contributed by atoms with Crippen LogP contribution in [0, 0.1) is 5.92 Å². The second kappa shape index (κ2) is 4.55. The molecule has 0 amide bonds. The van der Waals surface area contributed by atoms with E-state index in [0.29, 0.717) is 11.0 Å². The van der Waals surface area contributed by atoms with Crippen LogP contribution in [0.2, 0.25) is 0 Å². The largest absolute Gasteiger partial charge is 0.375 e. The zero-order valence-corrected chi connectivity index (χ0v) is 9.65. The van der Waals surface area contributed by atoms with Crippen molar-refractivity contribution in [3.63, 3.8) is 0 Å². The standard InChI is InChI=1S/C10H16N2OS/c1-4-7-8(5-6(2)3)14-10(11)12-9(7)13/h6H,4-5H2,1-3H3,(H2,11,12,13). The molecular weight excluding hydrogens is 196 g/mol. The molecule has 78 valence electrons. The van der Waals surface area contributed by atoms with Gasteiger partial charge < -0.3 is 5.73 Å². The van der Waals surface area contributed by atoms with E-state index in [4.69, 9.17) is 5.73 Å². The smallest absolute Gasteiger partial charge is 0.276 e. The Morgan fingerprint density at radius 2 is 2.14 bits per heavy atom. The molecule has 1 rings (SSSR count). The van der Waals surface area contributed by atoms with Crippen molar-refractivity contribution >= 4 is 16.5 Å². The minimum Gasteiger partial charge on any atom is -0.375 e. The van der Waals surface area contributed by atoms with E-state index >= 15 is 0 Å². The van der Waals surface area contributed by atoms with Crippen molar-refractivity contribution in [2.75, 3.05) is 5.73 Å². The molecule has 0 bridgehead atoms. The number of hydrogen-bond acceptors (Lipinski definition) is 4. The molecule has 1 aromatic rings. The van der Waals surface area contributed by atoms with Crippen LogP contribution in [0.5, 0.6) is 0 Å². The Balaban J connectivity index is 3.18. The van der Waals surface area contributed by atoms with Gasteiger partial charge in [0.25, 0.3) is 5.56 Å². The summed E-state index contributed by atoms with van der Waals surface area (Å²) in [4.78, 5) is 16.3. The third kappa shape index (κ3) is 2.54. The second-order valence-corrected chi connectivity index (χ2v) is 4.83. The van der Waals surface area contributed by atoms with E-state index < -0.39 is 0 Å². The molecular formula is C10H16N2OS. The van der Waals surface area contributed by atoms with E-state index in [-0.39, 0.29) is 5.56 Å². The molecule has 0 aromatic carbocycles. The third-order valence-corrected chi connectivity index (χ3v) is 2.94. The highest BCUT2D eigenvalue weighted by molar-refractivity contribution is 7.15. The summed E-state index contributed by atoms with van der Waals surface area (Å²) in [6.07, 6.45) is 1.65. The zero-order chi connectivity index (χ0) is 10.7. The third-order valence-electron chi connectivity index (χ3n) is 1.98. The fourth-order valence-corrected chi connectivity index (χ4v) is 2.53. The van der Waals surface area contributed by atoms with E-state index in [1.807, 2.05) is 6.92 Å². The normalized spacial score (nSPS) is 10.9. The summed E-state index contributed by atoms with van der Waals surface area (Å²) >= 11 is 1.44. The lowest BCUT2D eigenvalue weighted by atomic mass is 10.1. The predicted octanol–water partition coefficient (Wildman–Crippen LogP) is 1.85. The second-order valence-electron chi connectivity index (χ2n) is 3.71. The highest BCUT2D eigenvalue weighted by Gasteiger charge is 2.10. The molecule has 0 radical (unpaired) electrons. The van der Waals surface area contributed by atoms with Crippen molar-refractivity contribution in [3.8, 4) is 0 Å². The summed E-state index contributed by atoms with van der Waals surface area (Å²) in [5.41, 5.74) is 6.24. The Labute approximate surface area is 88.0 Å². The van der Waals surface area contributed by atoms with Gasteiger partial charge in [0, 0.05) is 10.4 Å². The van der Waals surface area contributed by atoms with E-state index in [1.165, 1.54) is 11.3 Å². The summed E-state index contributed by atoms with van der Waals surface area (Å²) in [6.45, 7) is 6.24. The van der Waals surface area contributed by atoms with Crippen molar-refractivity contribution in [3.05, 3.63) is 20.8 Å². The van der Waals surface area contributed by atoms with Gasteiger partial charge in [0.2, 0.25) is 0 Å². The number of anilines is 1. The van der Waals surface area contributed by atoms with Gasteiger partial charge in [0.1, 0.15) is 0 Å². The number of nitrogen functional groups attached to an aromatic ring is 1. The Bertz CT molecular complexity index is 371. The molecule has 1 heterocycles. The Hall–Kier alpha value is -0.900. The molecule has 3 nitrogen and oxygen atoms in total. The topological polar surface area (TPSA) is 56.0 Å². The highest BCUT2D eigenvalue weighted by atomic mass is 32.1. The fraction of sp³-hybridized carbons (Fsp3) is 0.600. The lowest BCUT2D eigenvalue weighted by Gasteiger charge is -2.08. The van der Waals surface area contributed by atoms with Crippen LogP contribution in [0.25, 0.3) is 0 Å². The molecule has 14 heavy (non-hydrogen) atoms. The fourth-order valence-electron chi connectivity index (χ4n) is 1.38. The molecule has 0 aliphatic rings. The van der Waals surface area contributed by atoms with Crippen LogP contribution in [0.1, 0.15) is 31.2 Å². The summed E-state index contributed by atoms with van der Waals surface area (Å²) in [5, 5.41) is 0.378. The molecule has 2 N–H and O–H groups in total. The maximum Gasteiger partial charge on any atom is 0.276 e. The van der Waals surface area contributed by atoms with Crippen LogP contribution < -0.4 is 11.3 Å². The van der Waals surface area contributed by atoms with Gasteiger partial charge in [-0.1, -0.05) is 20.8 Å². The summed E-state index contributed by atoms with van der Waals surface area (Å²) in [7, 11) is 0. The van der Waals surface area contributed by atoms with Crippen molar-refractivity contribution in [1.82, 2.24) is 4.98 Å². The minimum absolute atomic E-state index is 0.153. The average Bonchev–Trinajstić information content (AvgIpc) is 2.01. The number of hydrogen-bond donors (Lipinski definition) is 1. The molecule has 0 aliphatic carbocycles. The average molecular weight is 212 g/mol. The van der Waals surface area contributed by atoms with Crippen molar-refractivity contribution in [2.45, 2.75) is 33.6 Å². The van der Waals surface area contributed by atoms with Gasteiger partial charge in [0.15, 0.2) is 5.13 Å². The molecule has 0 fully saturated rings. The van der Waals surface area contributed by atoms with Gasteiger partial charge in [-0.3, -0.25) is 4.79 Å². The Kier molecular flexibility index (Phi) is 3.63. The van der Waals surface area contributed by atoms with Crippen molar-refractivity contribution < 1.29 is 0 Å². The number of rotatable bonds is 3. The van der Waals surface area contributed by atoms with Crippen LogP contribution in [0.15, 0.2) is 4.79 Å². The van der Waals surface area contributed by atoms with Crippen LogP contribution >= 0.6 is 11.3 Å². The lowest BCUT2D eigenvalue weighted by Crippen LogP contribution is -2.16. The SMILES string of the molecule is CCc1c(CC(C)C)sc(N)nc1=O. The first-order chi connectivity index (χ1) is 6.54. The molecule has 1 aromatic heterocycles. The highest BCUT2D eigenvalue weighted by Crippen LogP contribution is 2.19. The quantitative estimate of drug-likeness (QED) is 0.831. The number of aromatic nitrogens is 1. The van der Waals surface area contributed by atoms with Crippen molar-refractivity contribution in [2.24, 2.45) is 5.92 Å². The van der Waals surface area contributed by atoms with Crippen LogP contribution in [-0.4, -0.2) is 4.98 Å². The van der Waals surface area contributed by atoms with Gasteiger partial charge in [-0.25, -0.2) is 0 Å². The van der Waals surface area contributed by atoms with E-state index in [2.05, 4.69) is 18.8 Å². The first-order valence-electron chi connectivity index (χ1n) is 4.83. The minimum atomic E-state index is -0.153. The Morgan fingerprint density at radius 1 is 1.50 bits per heavy atom. The van der Waals surface area contributed by atoms with Gasteiger partial charge >= 0.3 is 0 Å². The van der Waals surface area contributed by atoms with E-state index in [1.54, 1.807) is 0 Å². The number of nitrogens with zero attached hydrogens (tertiary/aromatic N) is 1. The van der Waals surface area contributed by atoms with Gasteiger partial charge in [-0.05, 0) is 18.8 Å². The summed E-state index contributed by atoms with van der Waals surface area (Å²) < 4.78 is 0. The molecule has 0 unspecified atom stereocenters. The lowest BCUT2D eigenvalue weighted by molar-refractivity contribution is 0.649.